The van der Waals surface area contributed by atoms with E-state index in [-0.39, 0.29) is 0 Å². The first-order valence-electron chi connectivity index (χ1n) is 5.47. The molecule has 0 heterocycles. The first-order chi connectivity index (χ1) is 8.09. The molecule has 3 heteroatoms. The summed E-state index contributed by atoms with van der Waals surface area (Å²) >= 11 is 0. The maximum atomic E-state index is 14.2. The second-order valence-electron chi connectivity index (χ2n) is 4.03. The predicted octanol–water partition coefficient (Wildman–Crippen LogP) is 2.72. The van der Waals surface area contributed by atoms with Gasteiger partial charge in [0.1, 0.15) is 0 Å². The Bertz CT molecular complexity index is 425. The van der Waals surface area contributed by atoms with Crippen LogP contribution in [0, 0.1) is 0 Å². The molecule has 2 rings (SSSR count). The summed E-state index contributed by atoms with van der Waals surface area (Å²) in [5, 5.41) is 1.92. The molecular weight excluding hydrogens is 232 g/mol. The number of nitrogens with two attached hydrogens (primary N) is 1. The molecule has 0 radical (unpaired) electrons. The van der Waals surface area contributed by atoms with Gasteiger partial charge in [-0.3, -0.25) is 5.73 Å². The average molecular weight is 247 g/mol. The minimum atomic E-state index is -1.71. The highest BCUT2D eigenvalue weighted by atomic mass is 31.1. The van der Waals surface area contributed by atoms with Crippen molar-refractivity contribution in [3.63, 3.8) is 0 Å². The minimum absolute atomic E-state index is 0.959. The number of alkyl halides is 1. The number of benzene rings is 2. The molecule has 88 valence electrons. The smallest absolute Gasteiger partial charge is 0.182 e. The third-order valence-electron chi connectivity index (χ3n) is 2.47. The molecule has 0 saturated carbocycles. The van der Waals surface area contributed by atoms with Gasteiger partial charge in [-0.15, -0.1) is 0 Å². The van der Waals surface area contributed by atoms with E-state index in [1.54, 1.807) is 0 Å². The van der Waals surface area contributed by atoms with Crippen molar-refractivity contribution in [1.29, 1.82) is 0 Å². The Kier molecular flexibility index (Phi) is 3.56. The topological polar surface area (TPSA) is 26.0 Å². The van der Waals surface area contributed by atoms with Crippen LogP contribution in [-0.4, -0.2) is 5.53 Å². The summed E-state index contributed by atoms with van der Waals surface area (Å²) in [6, 6.07) is 19.2. The Hall–Kier alpha value is -1.24. The van der Waals surface area contributed by atoms with E-state index in [4.69, 9.17) is 5.73 Å². The van der Waals surface area contributed by atoms with Crippen LogP contribution in [0.15, 0.2) is 60.7 Å². The van der Waals surface area contributed by atoms with Crippen molar-refractivity contribution in [2.24, 2.45) is 5.73 Å². The second-order valence-corrected chi connectivity index (χ2v) is 6.61. The van der Waals surface area contributed by atoms with Gasteiger partial charge in [0.15, 0.2) is 5.53 Å². The van der Waals surface area contributed by atoms with E-state index in [1.807, 2.05) is 60.7 Å². The molecule has 0 saturated heterocycles. The summed E-state index contributed by atoms with van der Waals surface area (Å²) in [6.07, 6.45) is 0. The maximum absolute atomic E-state index is 14.2. The predicted molar refractivity (Wildman–Crippen MR) is 72.8 cm³/mol. The van der Waals surface area contributed by atoms with Gasteiger partial charge in [-0.1, -0.05) is 60.7 Å². The SMILES string of the molecule is CC(N)(F)P(c1ccccc1)c1ccccc1. The van der Waals surface area contributed by atoms with E-state index < -0.39 is 13.5 Å². The van der Waals surface area contributed by atoms with Crippen LogP contribution in [0.3, 0.4) is 0 Å². The van der Waals surface area contributed by atoms with E-state index in [0.717, 1.165) is 10.6 Å². The Balaban J connectivity index is 2.48. The van der Waals surface area contributed by atoms with Crippen molar-refractivity contribution >= 4 is 18.5 Å². The van der Waals surface area contributed by atoms with Crippen LogP contribution < -0.4 is 16.3 Å². The van der Waals surface area contributed by atoms with E-state index in [9.17, 15) is 4.39 Å². The highest BCUT2D eigenvalue weighted by molar-refractivity contribution is 7.74. The van der Waals surface area contributed by atoms with Crippen LogP contribution in [0.5, 0.6) is 0 Å². The zero-order valence-electron chi connectivity index (χ0n) is 9.68. The van der Waals surface area contributed by atoms with Crippen LogP contribution >= 0.6 is 7.92 Å². The van der Waals surface area contributed by atoms with Gasteiger partial charge < -0.3 is 0 Å². The van der Waals surface area contributed by atoms with Gasteiger partial charge in [0, 0.05) is 7.92 Å². The van der Waals surface area contributed by atoms with E-state index in [1.165, 1.54) is 6.92 Å². The Morgan fingerprint density at radius 1 is 0.882 bits per heavy atom. The summed E-state index contributed by atoms with van der Waals surface area (Å²) < 4.78 is 14.2. The molecule has 2 aromatic carbocycles. The van der Waals surface area contributed by atoms with Crippen molar-refractivity contribution in [2.75, 3.05) is 0 Å². The van der Waals surface area contributed by atoms with Crippen molar-refractivity contribution in [3.8, 4) is 0 Å². The summed E-state index contributed by atoms with van der Waals surface area (Å²) in [7, 11) is -1.18. The van der Waals surface area contributed by atoms with Gasteiger partial charge in [0.05, 0.1) is 0 Å². The molecule has 0 aliphatic heterocycles. The lowest BCUT2D eigenvalue weighted by Crippen LogP contribution is -2.36. The normalized spacial score (nSPS) is 14.6. The highest BCUT2D eigenvalue weighted by Gasteiger charge is 2.32. The van der Waals surface area contributed by atoms with Gasteiger partial charge in [-0.25, -0.2) is 4.39 Å². The number of hydrogen-bond acceptors (Lipinski definition) is 1. The quantitative estimate of drug-likeness (QED) is 0.655. The van der Waals surface area contributed by atoms with Gasteiger partial charge in [0.2, 0.25) is 0 Å². The number of hydrogen-bond donors (Lipinski definition) is 1. The average Bonchev–Trinajstić information content (AvgIpc) is 2.30. The summed E-state index contributed by atoms with van der Waals surface area (Å²) in [6.45, 7) is 1.44. The largest absolute Gasteiger partial charge is 0.295 e. The Morgan fingerprint density at radius 3 is 1.53 bits per heavy atom. The molecule has 0 aliphatic carbocycles. The Morgan fingerprint density at radius 2 is 1.24 bits per heavy atom. The lowest BCUT2D eigenvalue weighted by Gasteiger charge is -2.27. The highest BCUT2D eigenvalue weighted by Crippen LogP contribution is 2.45. The van der Waals surface area contributed by atoms with Crippen LogP contribution in [0.2, 0.25) is 0 Å². The van der Waals surface area contributed by atoms with Crippen molar-refractivity contribution in [3.05, 3.63) is 60.7 Å². The molecule has 0 bridgehead atoms. The summed E-state index contributed by atoms with van der Waals surface area (Å²) in [5.41, 5.74) is 4.00. The van der Waals surface area contributed by atoms with Gasteiger partial charge in [-0.2, -0.15) is 0 Å². The van der Waals surface area contributed by atoms with Crippen molar-refractivity contribution < 1.29 is 4.39 Å². The lowest BCUT2D eigenvalue weighted by molar-refractivity contribution is 0.322. The third-order valence-corrected chi connectivity index (χ3v) is 4.97. The van der Waals surface area contributed by atoms with Gasteiger partial charge >= 0.3 is 0 Å². The molecule has 0 spiro atoms. The van der Waals surface area contributed by atoms with Crippen LogP contribution in [0.4, 0.5) is 4.39 Å². The fourth-order valence-electron chi connectivity index (χ4n) is 1.81. The van der Waals surface area contributed by atoms with Gasteiger partial charge in [-0.05, 0) is 17.5 Å². The van der Waals surface area contributed by atoms with Crippen LogP contribution in [0.1, 0.15) is 6.92 Å². The molecule has 0 amide bonds. The fourth-order valence-corrected chi connectivity index (χ4v) is 4.06. The molecule has 0 aromatic heterocycles. The molecule has 0 aliphatic rings. The molecule has 2 aromatic rings. The number of halogens is 1. The maximum Gasteiger partial charge on any atom is 0.182 e. The molecule has 1 atom stereocenters. The fraction of sp³-hybridized carbons (Fsp3) is 0.143. The van der Waals surface area contributed by atoms with Crippen LogP contribution in [-0.2, 0) is 0 Å². The molecule has 2 N–H and O–H groups in total. The monoisotopic (exact) mass is 247 g/mol. The van der Waals surface area contributed by atoms with Gasteiger partial charge in [0.25, 0.3) is 0 Å². The number of rotatable bonds is 3. The third kappa shape index (κ3) is 2.91. The molecular formula is C14H15FNP. The first-order valence-corrected chi connectivity index (χ1v) is 6.81. The zero-order valence-corrected chi connectivity index (χ0v) is 10.6. The molecule has 1 nitrogen and oxygen atoms in total. The van der Waals surface area contributed by atoms with E-state index in [2.05, 4.69) is 0 Å². The zero-order chi connectivity index (χ0) is 12.3. The first kappa shape index (κ1) is 12.2. The molecule has 17 heavy (non-hydrogen) atoms. The van der Waals surface area contributed by atoms with E-state index in [0.29, 0.717) is 0 Å². The van der Waals surface area contributed by atoms with E-state index >= 15 is 0 Å². The Labute approximate surface area is 102 Å². The van der Waals surface area contributed by atoms with Crippen molar-refractivity contribution in [1.82, 2.24) is 0 Å². The second kappa shape index (κ2) is 4.95. The molecule has 1 unspecified atom stereocenters. The summed E-state index contributed by atoms with van der Waals surface area (Å²) in [4.78, 5) is 0. The molecule has 0 fully saturated rings. The van der Waals surface area contributed by atoms with Crippen molar-refractivity contribution in [2.45, 2.75) is 12.5 Å². The standard InChI is InChI=1S/C14H15FNP/c1-14(15,16)17(12-8-4-2-5-9-12)13-10-6-3-7-11-13/h2-11H,16H2,1H3. The minimum Gasteiger partial charge on any atom is -0.295 e. The lowest BCUT2D eigenvalue weighted by atomic mass is 10.4. The van der Waals surface area contributed by atoms with Crippen LogP contribution in [0.25, 0.3) is 0 Å². The summed E-state index contributed by atoms with van der Waals surface area (Å²) in [5.74, 6) is 0.